The molecule has 22 heavy (non-hydrogen) atoms. The summed E-state index contributed by atoms with van der Waals surface area (Å²) in [4.78, 5) is 12.8. The van der Waals surface area contributed by atoms with Crippen molar-refractivity contribution >= 4 is 22.3 Å². The van der Waals surface area contributed by atoms with Crippen molar-refractivity contribution < 1.29 is 14.3 Å². The van der Waals surface area contributed by atoms with Crippen LogP contribution in [0.25, 0.3) is 0 Å². The van der Waals surface area contributed by atoms with Crippen molar-refractivity contribution in [2.24, 2.45) is 0 Å². The molecule has 0 saturated carbocycles. The highest BCUT2D eigenvalue weighted by Crippen LogP contribution is 2.26. The summed E-state index contributed by atoms with van der Waals surface area (Å²) in [6, 6.07) is 11.9. The lowest BCUT2D eigenvalue weighted by molar-refractivity contribution is 0.0528. The molecule has 0 fully saturated rings. The van der Waals surface area contributed by atoms with Gasteiger partial charge in [0.25, 0.3) is 0 Å². The largest absolute Gasteiger partial charge is 0.462 e. The molecule has 2 N–H and O–H groups in total. The van der Waals surface area contributed by atoms with Crippen LogP contribution < -0.4 is 5.73 Å². The number of carbonyl (C=O) groups excluding carboxylic acids is 1. The number of hydrogen-bond donors (Lipinski definition) is 1. The first-order valence-electron chi connectivity index (χ1n) is 7.37. The number of benzene rings is 1. The number of rotatable bonds is 8. The van der Waals surface area contributed by atoms with Crippen molar-refractivity contribution in [3.63, 3.8) is 0 Å². The van der Waals surface area contributed by atoms with E-state index in [9.17, 15) is 4.79 Å². The molecule has 0 aliphatic heterocycles. The Bertz CT molecular complexity index is 595. The Balaban J connectivity index is 1.73. The fourth-order valence-corrected chi connectivity index (χ4v) is 3.02. The Morgan fingerprint density at radius 2 is 2.05 bits per heavy atom. The molecule has 0 unspecified atom stereocenters. The van der Waals surface area contributed by atoms with Crippen molar-refractivity contribution in [1.82, 2.24) is 0 Å². The molecule has 0 radical (unpaired) electrons. The number of thiophene rings is 1. The number of anilines is 1. The summed E-state index contributed by atoms with van der Waals surface area (Å²) in [5, 5.41) is 0.527. The molecule has 1 aromatic heterocycles. The SMILES string of the molecule is CCOC(=O)c1cc(CCCOCc2ccccc2)sc1N. The number of esters is 1. The van der Waals surface area contributed by atoms with Crippen LogP contribution in [0.5, 0.6) is 0 Å². The topological polar surface area (TPSA) is 61.5 Å². The maximum atomic E-state index is 11.7. The van der Waals surface area contributed by atoms with Gasteiger partial charge in [-0.2, -0.15) is 0 Å². The maximum Gasteiger partial charge on any atom is 0.341 e. The predicted octanol–water partition coefficient (Wildman–Crippen LogP) is 3.66. The first-order valence-corrected chi connectivity index (χ1v) is 8.19. The summed E-state index contributed by atoms with van der Waals surface area (Å²) in [5.74, 6) is -0.345. The van der Waals surface area contributed by atoms with Gasteiger partial charge in [-0.05, 0) is 31.4 Å². The second-order valence-corrected chi connectivity index (χ2v) is 6.02. The van der Waals surface area contributed by atoms with Crippen LogP contribution in [0.3, 0.4) is 0 Å². The second kappa shape index (κ2) is 8.56. The van der Waals surface area contributed by atoms with Gasteiger partial charge in [-0.1, -0.05) is 30.3 Å². The Hall–Kier alpha value is -1.85. The van der Waals surface area contributed by atoms with Crippen molar-refractivity contribution in [2.75, 3.05) is 18.9 Å². The van der Waals surface area contributed by atoms with E-state index in [-0.39, 0.29) is 5.97 Å². The van der Waals surface area contributed by atoms with Gasteiger partial charge in [0, 0.05) is 11.5 Å². The van der Waals surface area contributed by atoms with Gasteiger partial charge in [-0.25, -0.2) is 4.79 Å². The molecule has 0 bridgehead atoms. The van der Waals surface area contributed by atoms with Gasteiger partial charge in [0.2, 0.25) is 0 Å². The summed E-state index contributed by atoms with van der Waals surface area (Å²) in [6.45, 7) is 3.45. The molecule has 2 aromatic rings. The van der Waals surface area contributed by atoms with Crippen molar-refractivity contribution in [3.8, 4) is 0 Å². The predicted molar refractivity (Wildman–Crippen MR) is 89.1 cm³/mol. The van der Waals surface area contributed by atoms with E-state index in [0.717, 1.165) is 17.7 Å². The highest BCUT2D eigenvalue weighted by atomic mass is 32.1. The van der Waals surface area contributed by atoms with E-state index < -0.39 is 0 Å². The van der Waals surface area contributed by atoms with Crippen molar-refractivity contribution in [3.05, 3.63) is 52.4 Å². The Morgan fingerprint density at radius 3 is 2.77 bits per heavy atom. The Labute approximate surface area is 134 Å². The molecule has 2 rings (SSSR count). The molecule has 5 heteroatoms. The molecule has 4 nitrogen and oxygen atoms in total. The third-order valence-electron chi connectivity index (χ3n) is 3.13. The van der Waals surface area contributed by atoms with E-state index in [0.29, 0.717) is 30.4 Å². The van der Waals surface area contributed by atoms with Crippen LogP contribution in [0.1, 0.15) is 34.1 Å². The molecule has 0 amide bonds. The number of nitrogen functional groups attached to an aromatic ring is 1. The molecule has 0 aliphatic rings. The molecule has 0 aliphatic carbocycles. The number of aryl methyl sites for hydroxylation is 1. The molecule has 0 saturated heterocycles. The molecule has 1 heterocycles. The van der Waals surface area contributed by atoms with Crippen LogP contribution in [0.4, 0.5) is 5.00 Å². The lowest BCUT2D eigenvalue weighted by atomic mass is 10.2. The highest BCUT2D eigenvalue weighted by molar-refractivity contribution is 7.16. The summed E-state index contributed by atoms with van der Waals surface area (Å²) in [5.41, 5.74) is 7.52. The molecule has 0 spiro atoms. The van der Waals surface area contributed by atoms with Gasteiger partial charge in [0.05, 0.1) is 18.8 Å². The lowest BCUT2D eigenvalue weighted by Crippen LogP contribution is -2.05. The second-order valence-electron chi connectivity index (χ2n) is 4.85. The van der Waals surface area contributed by atoms with E-state index in [1.54, 1.807) is 6.92 Å². The summed E-state index contributed by atoms with van der Waals surface area (Å²) in [7, 11) is 0. The maximum absolute atomic E-state index is 11.7. The normalized spacial score (nSPS) is 10.6. The van der Waals surface area contributed by atoms with Gasteiger partial charge >= 0.3 is 5.97 Å². The fourth-order valence-electron chi connectivity index (χ4n) is 2.06. The Kier molecular flexibility index (Phi) is 6.43. The van der Waals surface area contributed by atoms with Crippen LogP contribution >= 0.6 is 11.3 Å². The number of ether oxygens (including phenoxy) is 2. The van der Waals surface area contributed by atoms with Crippen LogP contribution in [-0.4, -0.2) is 19.2 Å². The zero-order valence-corrected chi connectivity index (χ0v) is 13.5. The first-order chi connectivity index (χ1) is 10.7. The Morgan fingerprint density at radius 1 is 1.27 bits per heavy atom. The average Bonchev–Trinajstić information content (AvgIpc) is 2.89. The summed E-state index contributed by atoms with van der Waals surface area (Å²) >= 11 is 1.44. The zero-order chi connectivity index (χ0) is 15.8. The number of hydrogen-bond acceptors (Lipinski definition) is 5. The lowest BCUT2D eigenvalue weighted by Gasteiger charge is -2.03. The molecule has 1 aromatic carbocycles. The average molecular weight is 319 g/mol. The van der Waals surface area contributed by atoms with Gasteiger partial charge < -0.3 is 15.2 Å². The molecule has 0 atom stereocenters. The minimum absolute atomic E-state index is 0.345. The minimum Gasteiger partial charge on any atom is -0.462 e. The van der Waals surface area contributed by atoms with E-state index in [2.05, 4.69) is 0 Å². The fraction of sp³-hybridized carbons (Fsp3) is 0.353. The molecular weight excluding hydrogens is 298 g/mol. The van der Waals surface area contributed by atoms with Crippen LogP contribution in [0, 0.1) is 0 Å². The standard InChI is InChI=1S/C17H21NO3S/c1-2-21-17(19)15-11-14(22-16(15)18)9-6-10-20-12-13-7-4-3-5-8-13/h3-5,7-8,11H,2,6,9-10,12,18H2,1H3. The summed E-state index contributed by atoms with van der Waals surface area (Å²) < 4.78 is 10.6. The zero-order valence-electron chi connectivity index (χ0n) is 12.7. The highest BCUT2D eigenvalue weighted by Gasteiger charge is 2.14. The van der Waals surface area contributed by atoms with Gasteiger partial charge in [-0.15, -0.1) is 11.3 Å². The smallest absolute Gasteiger partial charge is 0.341 e. The minimum atomic E-state index is -0.345. The van der Waals surface area contributed by atoms with E-state index in [1.807, 2.05) is 36.4 Å². The van der Waals surface area contributed by atoms with Crippen molar-refractivity contribution in [2.45, 2.75) is 26.4 Å². The quantitative estimate of drug-likeness (QED) is 0.596. The van der Waals surface area contributed by atoms with Crippen molar-refractivity contribution in [1.29, 1.82) is 0 Å². The van der Waals surface area contributed by atoms with E-state index >= 15 is 0 Å². The van der Waals surface area contributed by atoms with Gasteiger partial charge in [0.1, 0.15) is 5.00 Å². The molecule has 118 valence electrons. The van der Waals surface area contributed by atoms with Crippen LogP contribution in [-0.2, 0) is 22.5 Å². The monoisotopic (exact) mass is 319 g/mol. The number of carbonyl (C=O) groups is 1. The number of nitrogens with two attached hydrogens (primary N) is 1. The third-order valence-corrected chi connectivity index (χ3v) is 4.15. The van der Waals surface area contributed by atoms with Crippen LogP contribution in [0.2, 0.25) is 0 Å². The summed E-state index contributed by atoms with van der Waals surface area (Å²) in [6.07, 6.45) is 1.75. The van der Waals surface area contributed by atoms with E-state index in [1.165, 1.54) is 16.9 Å². The van der Waals surface area contributed by atoms with Gasteiger partial charge in [0.15, 0.2) is 0 Å². The van der Waals surface area contributed by atoms with Crippen LogP contribution in [0.15, 0.2) is 36.4 Å². The molecular formula is C17H21NO3S. The third kappa shape index (κ3) is 4.86. The van der Waals surface area contributed by atoms with Gasteiger partial charge in [-0.3, -0.25) is 0 Å². The van der Waals surface area contributed by atoms with E-state index in [4.69, 9.17) is 15.2 Å². The first kappa shape index (κ1) is 16.5.